The topological polar surface area (TPSA) is 56.5 Å². The van der Waals surface area contributed by atoms with Gasteiger partial charge in [0.1, 0.15) is 0 Å². The Balaban J connectivity index is 2.53. The molecule has 0 spiro atoms. The molecule has 0 radical (unpaired) electrons. The second-order valence-corrected chi connectivity index (χ2v) is 2.77. The number of aromatic nitrogens is 5. The predicted octanol–water partition coefficient (Wildman–Crippen LogP) is 0.674. The van der Waals surface area contributed by atoms with Gasteiger partial charge in [-0.25, -0.2) is 9.97 Å². The van der Waals surface area contributed by atoms with Crippen molar-refractivity contribution >= 4 is 0 Å². The second kappa shape index (κ2) is 2.93. The number of hydrogen-bond acceptors (Lipinski definition) is 4. The monoisotopic (exact) mass is 175 g/mol. The van der Waals surface area contributed by atoms with E-state index in [1.54, 1.807) is 12.4 Å². The van der Waals surface area contributed by atoms with Gasteiger partial charge in [0.15, 0.2) is 0 Å². The highest BCUT2D eigenvalue weighted by atomic mass is 15.5. The van der Waals surface area contributed by atoms with E-state index < -0.39 is 0 Å². The Morgan fingerprint density at radius 2 is 1.54 bits per heavy atom. The van der Waals surface area contributed by atoms with Gasteiger partial charge in [-0.15, -0.1) is 4.80 Å². The van der Waals surface area contributed by atoms with Crippen molar-refractivity contribution in [1.29, 1.82) is 0 Å². The summed E-state index contributed by atoms with van der Waals surface area (Å²) >= 11 is 0. The first-order chi connectivity index (χ1) is 6.25. The van der Waals surface area contributed by atoms with Crippen molar-refractivity contribution in [3.8, 4) is 5.95 Å². The van der Waals surface area contributed by atoms with Gasteiger partial charge in [-0.3, -0.25) is 0 Å². The maximum absolute atomic E-state index is 4.20. The van der Waals surface area contributed by atoms with Crippen LogP contribution in [0.5, 0.6) is 0 Å². The van der Waals surface area contributed by atoms with Crippen LogP contribution < -0.4 is 0 Å². The fourth-order valence-corrected chi connectivity index (χ4v) is 1.12. The fraction of sp³-hybridized carbons (Fsp3) is 0.250. The van der Waals surface area contributed by atoms with Crippen LogP contribution in [-0.4, -0.2) is 25.0 Å². The molecule has 0 aromatic carbocycles. The van der Waals surface area contributed by atoms with Crippen molar-refractivity contribution in [1.82, 2.24) is 25.0 Å². The third-order valence-corrected chi connectivity index (χ3v) is 1.57. The molecule has 0 amide bonds. The Bertz CT molecular complexity index is 386. The SMILES string of the molecule is Cc1cc(C)nc(-n2nccn2)n1. The number of hydrogen-bond donors (Lipinski definition) is 0. The first-order valence-electron chi connectivity index (χ1n) is 3.95. The highest BCUT2D eigenvalue weighted by Gasteiger charge is 2.02. The predicted molar refractivity (Wildman–Crippen MR) is 46.4 cm³/mol. The molecule has 2 aromatic rings. The molecule has 0 saturated heterocycles. The Hall–Kier alpha value is -1.78. The van der Waals surface area contributed by atoms with E-state index >= 15 is 0 Å². The zero-order valence-corrected chi connectivity index (χ0v) is 7.47. The van der Waals surface area contributed by atoms with Gasteiger partial charge in [0.05, 0.1) is 12.4 Å². The lowest BCUT2D eigenvalue weighted by Gasteiger charge is -2.00. The van der Waals surface area contributed by atoms with E-state index in [4.69, 9.17) is 0 Å². The lowest BCUT2D eigenvalue weighted by molar-refractivity contribution is 0.696. The molecule has 2 heterocycles. The summed E-state index contributed by atoms with van der Waals surface area (Å²) < 4.78 is 0. The maximum atomic E-state index is 4.20. The van der Waals surface area contributed by atoms with E-state index in [1.165, 1.54) is 4.80 Å². The molecule has 0 saturated carbocycles. The molecule has 13 heavy (non-hydrogen) atoms. The van der Waals surface area contributed by atoms with E-state index in [0.717, 1.165) is 11.4 Å². The van der Waals surface area contributed by atoms with Gasteiger partial charge in [-0.1, -0.05) is 0 Å². The summed E-state index contributed by atoms with van der Waals surface area (Å²) in [5.41, 5.74) is 1.83. The van der Waals surface area contributed by atoms with Crippen LogP contribution in [0.25, 0.3) is 5.95 Å². The molecule has 5 nitrogen and oxygen atoms in total. The molecule has 5 heteroatoms. The van der Waals surface area contributed by atoms with Crippen LogP contribution >= 0.6 is 0 Å². The minimum Gasteiger partial charge on any atom is -0.215 e. The molecule has 0 atom stereocenters. The summed E-state index contributed by atoms with van der Waals surface area (Å²) in [6.45, 7) is 3.84. The Kier molecular flexibility index (Phi) is 1.77. The minimum atomic E-state index is 0.516. The van der Waals surface area contributed by atoms with Crippen molar-refractivity contribution in [2.75, 3.05) is 0 Å². The van der Waals surface area contributed by atoms with Gasteiger partial charge in [0.25, 0.3) is 5.95 Å². The van der Waals surface area contributed by atoms with Crippen LogP contribution in [-0.2, 0) is 0 Å². The molecule has 0 fully saturated rings. The lowest BCUT2D eigenvalue weighted by atomic mass is 10.4. The molecule has 0 aliphatic carbocycles. The minimum absolute atomic E-state index is 0.516. The van der Waals surface area contributed by atoms with Crippen molar-refractivity contribution in [3.05, 3.63) is 29.8 Å². The highest BCUT2D eigenvalue weighted by molar-refractivity contribution is 5.15. The van der Waals surface area contributed by atoms with Gasteiger partial charge >= 0.3 is 0 Å². The first-order valence-corrected chi connectivity index (χ1v) is 3.95. The molecular weight excluding hydrogens is 166 g/mol. The molecule has 0 aliphatic rings. The second-order valence-electron chi connectivity index (χ2n) is 2.77. The summed E-state index contributed by atoms with van der Waals surface area (Å²) in [4.78, 5) is 9.81. The molecule has 66 valence electrons. The van der Waals surface area contributed by atoms with Crippen molar-refractivity contribution in [3.63, 3.8) is 0 Å². The van der Waals surface area contributed by atoms with Crippen LogP contribution in [0, 0.1) is 13.8 Å². The number of rotatable bonds is 1. The molecule has 0 N–H and O–H groups in total. The smallest absolute Gasteiger partial charge is 0.215 e. The lowest BCUT2D eigenvalue weighted by Crippen LogP contribution is -2.06. The molecule has 0 unspecified atom stereocenters. The van der Waals surface area contributed by atoms with Crippen LogP contribution in [0.4, 0.5) is 0 Å². The largest absolute Gasteiger partial charge is 0.269 e. The maximum Gasteiger partial charge on any atom is 0.269 e. The van der Waals surface area contributed by atoms with Crippen molar-refractivity contribution in [2.24, 2.45) is 0 Å². The average Bonchev–Trinajstić information content (AvgIpc) is 2.53. The highest BCUT2D eigenvalue weighted by Crippen LogP contribution is 2.01. The zero-order chi connectivity index (χ0) is 9.26. The van der Waals surface area contributed by atoms with E-state index in [9.17, 15) is 0 Å². The van der Waals surface area contributed by atoms with Gasteiger partial charge in [-0.05, 0) is 19.9 Å². The van der Waals surface area contributed by atoms with Crippen LogP contribution in [0.15, 0.2) is 18.5 Å². The molecule has 2 aromatic heterocycles. The Labute approximate surface area is 75.5 Å². The summed E-state index contributed by atoms with van der Waals surface area (Å²) in [5.74, 6) is 0.516. The van der Waals surface area contributed by atoms with E-state index in [0.29, 0.717) is 5.95 Å². The van der Waals surface area contributed by atoms with Crippen LogP contribution in [0.2, 0.25) is 0 Å². The third-order valence-electron chi connectivity index (χ3n) is 1.57. The quantitative estimate of drug-likeness (QED) is 0.639. The Morgan fingerprint density at radius 3 is 2.08 bits per heavy atom. The van der Waals surface area contributed by atoms with E-state index in [1.807, 2.05) is 19.9 Å². The summed E-state index contributed by atoms with van der Waals surface area (Å²) in [6, 6.07) is 1.91. The summed E-state index contributed by atoms with van der Waals surface area (Å²) in [5, 5.41) is 7.90. The van der Waals surface area contributed by atoms with Gasteiger partial charge < -0.3 is 0 Å². The van der Waals surface area contributed by atoms with Crippen molar-refractivity contribution < 1.29 is 0 Å². The van der Waals surface area contributed by atoms with E-state index in [2.05, 4.69) is 20.2 Å². The third kappa shape index (κ3) is 1.53. The molecule has 2 rings (SSSR count). The molecule has 0 bridgehead atoms. The average molecular weight is 175 g/mol. The Morgan fingerprint density at radius 1 is 1.00 bits per heavy atom. The molecular formula is C8H9N5. The summed E-state index contributed by atoms with van der Waals surface area (Å²) in [7, 11) is 0. The van der Waals surface area contributed by atoms with Crippen molar-refractivity contribution in [2.45, 2.75) is 13.8 Å². The zero-order valence-electron chi connectivity index (χ0n) is 7.47. The molecule has 0 aliphatic heterocycles. The van der Waals surface area contributed by atoms with Crippen LogP contribution in [0.3, 0.4) is 0 Å². The number of nitrogens with zero attached hydrogens (tertiary/aromatic N) is 5. The standard InChI is InChI=1S/C8H9N5/c1-6-5-7(2)12-8(11-6)13-9-3-4-10-13/h3-5H,1-2H3. The van der Waals surface area contributed by atoms with Gasteiger partial charge in [-0.2, -0.15) is 10.2 Å². The first kappa shape index (κ1) is 7.85. The fourth-order valence-electron chi connectivity index (χ4n) is 1.12. The normalized spacial score (nSPS) is 10.3. The summed E-state index contributed by atoms with van der Waals surface area (Å²) in [6.07, 6.45) is 3.20. The van der Waals surface area contributed by atoms with Crippen LogP contribution in [0.1, 0.15) is 11.4 Å². The van der Waals surface area contributed by atoms with Gasteiger partial charge in [0, 0.05) is 11.4 Å². The van der Waals surface area contributed by atoms with Gasteiger partial charge in [0.2, 0.25) is 0 Å². The van der Waals surface area contributed by atoms with E-state index in [-0.39, 0.29) is 0 Å². The number of aryl methyl sites for hydroxylation is 2.